The maximum Gasteiger partial charge on any atom is 0.125 e. The number of aromatic nitrogens is 1. The van der Waals surface area contributed by atoms with E-state index in [1.807, 2.05) is 42.6 Å². The molecule has 0 spiro atoms. The molecule has 3 aromatic rings. The van der Waals surface area contributed by atoms with Crippen LogP contribution in [0.5, 0.6) is 11.5 Å². The molecule has 3 nitrogen and oxygen atoms in total. The second-order valence-corrected chi connectivity index (χ2v) is 5.18. The van der Waals surface area contributed by atoms with Crippen molar-refractivity contribution >= 4 is 26.8 Å². The first-order valence-electron chi connectivity index (χ1n) is 5.90. The van der Waals surface area contributed by atoms with Gasteiger partial charge < -0.3 is 14.8 Å². The lowest BCUT2D eigenvalue weighted by atomic mass is 10.1. The lowest BCUT2D eigenvalue weighted by molar-refractivity contribution is 0.307. The van der Waals surface area contributed by atoms with E-state index in [4.69, 9.17) is 4.74 Å². The van der Waals surface area contributed by atoms with Crippen LogP contribution in [0.2, 0.25) is 0 Å². The maximum atomic E-state index is 9.90. The molecule has 0 fully saturated rings. The third kappa shape index (κ3) is 2.44. The van der Waals surface area contributed by atoms with Crippen LogP contribution in [0.25, 0.3) is 10.9 Å². The van der Waals surface area contributed by atoms with Crippen molar-refractivity contribution in [1.29, 1.82) is 0 Å². The van der Waals surface area contributed by atoms with Gasteiger partial charge in [0, 0.05) is 27.1 Å². The Balaban J connectivity index is 1.86. The maximum absolute atomic E-state index is 9.90. The van der Waals surface area contributed by atoms with Crippen LogP contribution in [-0.2, 0) is 6.61 Å². The monoisotopic (exact) mass is 317 g/mol. The van der Waals surface area contributed by atoms with E-state index in [1.165, 1.54) is 0 Å². The number of halogens is 1. The molecule has 0 aliphatic heterocycles. The first-order chi connectivity index (χ1) is 9.24. The lowest BCUT2D eigenvalue weighted by Crippen LogP contribution is -1.94. The first-order valence-corrected chi connectivity index (χ1v) is 6.69. The Labute approximate surface area is 119 Å². The molecule has 0 atom stereocenters. The van der Waals surface area contributed by atoms with Crippen molar-refractivity contribution in [3.05, 3.63) is 58.7 Å². The predicted octanol–water partition coefficient (Wildman–Crippen LogP) is 4.22. The third-order valence-corrected chi connectivity index (χ3v) is 3.45. The number of nitrogens with one attached hydrogen (secondary N) is 1. The number of aromatic amines is 1. The summed E-state index contributed by atoms with van der Waals surface area (Å²) in [6.07, 6.45) is 1.86. The first kappa shape index (κ1) is 12.1. The summed E-state index contributed by atoms with van der Waals surface area (Å²) in [4.78, 5) is 3.13. The summed E-state index contributed by atoms with van der Waals surface area (Å²) in [5, 5.41) is 10.7. The minimum absolute atomic E-state index is 0.270. The van der Waals surface area contributed by atoms with E-state index in [9.17, 15) is 5.11 Å². The molecule has 2 aromatic carbocycles. The fourth-order valence-corrected chi connectivity index (χ4v) is 2.44. The van der Waals surface area contributed by atoms with Gasteiger partial charge in [-0.2, -0.15) is 0 Å². The summed E-state index contributed by atoms with van der Waals surface area (Å²) in [7, 11) is 0. The van der Waals surface area contributed by atoms with Gasteiger partial charge in [-0.05, 0) is 30.3 Å². The van der Waals surface area contributed by atoms with Crippen molar-refractivity contribution in [2.24, 2.45) is 0 Å². The molecule has 0 saturated heterocycles. The molecule has 4 heteroatoms. The molecule has 3 rings (SSSR count). The molecule has 2 N–H and O–H groups in total. The van der Waals surface area contributed by atoms with Gasteiger partial charge in [0.05, 0.1) is 0 Å². The molecular weight excluding hydrogens is 306 g/mol. The van der Waals surface area contributed by atoms with Gasteiger partial charge in [-0.25, -0.2) is 0 Å². The number of phenols is 1. The van der Waals surface area contributed by atoms with Crippen LogP contribution in [0.4, 0.5) is 0 Å². The van der Waals surface area contributed by atoms with Crippen LogP contribution >= 0.6 is 15.9 Å². The van der Waals surface area contributed by atoms with Crippen molar-refractivity contribution in [3.8, 4) is 11.5 Å². The summed E-state index contributed by atoms with van der Waals surface area (Å²) >= 11 is 3.41. The highest BCUT2D eigenvalue weighted by molar-refractivity contribution is 9.10. The minimum Gasteiger partial charge on any atom is -0.507 e. The van der Waals surface area contributed by atoms with Crippen molar-refractivity contribution in [3.63, 3.8) is 0 Å². The topological polar surface area (TPSA) is 45.2 Å². The van der Waals surface area contributed by atoms with Crippen LogP contribution in [0, 0.1) is 0 Å². The van der Waals surface area contributed by atoms with Crippen molar-refractivity contribution in [1.82, 2.24) is 4.98 Å². The second-order valence-electron chi connectivity index (χ2n) is 4.26. The van der Waals surface area contributed by atoms with Crippen LogP contribution in [0.3, 0.4) is 0 Å². The zero-order chi connectivity index (χ0) is 13.2. The molecule has 0 amide bonds. The van der Waals surface area contributed by atoms with E-state index in [0.717, 1.165) is 26.7 Å². The number of H-pyrrole nitrogens is 1. The molecule has 0 aliphatic carbocycles. The third-order valence-electron chi connectivity index (χ3n) is 2.96. The SMILES string of the molecule is Oc1cccc2[nH]cc(COc3cccc(Br)c3)c12. The van der Waals surface area contributed by atoms with Gasteiger partial charge in [0.25, 0.3) is 0 Å². The number of aromatic hydroxyl groups is 1. The average Bonchev–Trinajstić information content (AvgIpc) is 2.81. The number of ether oxygens (including phenoxy) is 1. The zero-order valence-corrected chi connectivity index (χ0v) is 11.6. The standard InChI is InChI=1S/C15H12BrNO2/c16-11-3-1-4-12(7-11)19-9-10-8-17-13-5-2-6-14(18)15(10)13/h1-8,17-18H,9H2. The smallest absolute Gasteiger partial charge is 0.125 e. The van der Waals surface area contributed by atoms with Gasteiger partial charge in [0.2, 0.25) is 0 Å². The Morgan fingerprint density at radius 2 is 2.00 bits per heavy atom. The Morgan fingerprint density at radius 1 is 1.16 bits per heavy atom. The number of fused-ring (bicyclic) bond motifs is 1. The van der Waals surface area contributed by atoms with Crippen molar-refractivity contribution in [2.45, 2.75) is 6.61 Å². The molecule has 0 radical (unpaired) electrons. The number of hydrogen-bond donors (Lipinski definition) is 2. The lowest BCUT2D eigenvalue weighted by Gasteiger charge is -2.06. The van der Waals surface area contributed by atoms with Crippen molar-refractivity contribution < 1.29 is 9.84 Å². The van der Waals surface area contributed by atoms with E-state index in [-0.39, 0.29) is 5.75 Å². The molecule has 96 valence electrons. The van der Waals surface area contributed by atoms with Crippen LogP contribution in [-0.4, -0.2) is 10.1 Å². The Hall–Kier alpha value is -1.94. The molecule has 1 aromatic heterocycles. The highest BCUT2D eigenvalue weighted by atomic mass is 79.9. The van der Waals surface area contributed by atoms with Crippen LogP contribution in [0.15, 0.2) is 53.1 Å². The summed E-state index contributed by atoms with van der Waals surface area (Å²) in [6.45, 7) is 0.411. The largest absolute Gasteiger partial charge is 0.507 e. The van der Waals surface area contributed by atoms with Gasteiger partial charge >= 0.3 is 0 Å². The number of hydrogen-bond acceptors (Lipinski definition) is 2. The molecule has 0 aliphatic rings. The van der Waals surface area contributed by atoms with Gasteiger partial charge in [-0.3, -0.25) is 0 Å². The minimum atomic E-state index is 0.270. The van der Waals surface area contributed by atoms with Gasteiger partial charge in [-0.1, -0.05) is 28.1 Å². The van der Waals surface area contributed by atoms with Gasteiger partial charge in [0.1, 0.15) is 18.1 Å². The molecular formula is C15H12BrNO2. The van der Waals surface area contributed by atoms with Crippen LogP contribution in [0.1, 0.15) is 5.56 Å². The van der Waals surface area contributed by atoms with Gasteiger partial charge in [0.15, 0.2) is 0 Å². The summed E-state index contributed by atoms with van der Waals surface area (Å²) in [5.41, 5.74) is 1.85. The van der Waals surface area contributed by atoms with Gasteiger partial charge in [-0.15, -0.1) is 0 Å². The highest BCUT2D eigenvalue weighted by Crippen LogP contribution is 2.28. The van der Waals surface area contributed by atoms with Crippen molar-refractivity contribution in [2.75, 3.05) is 0 Å². The Kier molecular flexibility index (Phi) is 3.17. The van der Waals surface area contributed by atoms with E-state index in [2.05, 4.69) is 20.9 Å². The molecule has 0 unspecified atom stereocenters. The fourth-order valence-electron chi connectivity index (χ4n) is 2.07. The number of rotatable bonds is 3. The summed E-state index contributed by atoms with van der Waals surface area (Å²) < 4.78 is 6.71. The summed E-state index contributed by atoms with van der Waals surface area (Å²) in [5.74, 6) is 1.06. The molecule has 1 heterocycles. The predicted molar refractivity (Wildman–Crippen MR) is 78.4 cm³/mol. The molecule has 19 heavy (non-hydrogen) atoms. The zero-order valence-electron chi connectivity index (χ0n) is 10.1. The Morgan fingerprint density at radius 3 is 2.84 bits per heavy atom. The van der Waals surface area contributed by atoms with Crippen LogP contribution < -0.4 is 4.74 Å². The quantitative estimate of drug-likeness (QED) is 0.759. The average molecular weight is 318 g/mol. The highest BCUT2D eigenvalue weighted by Gasteiger charge is 2.08. The fraction of sp³-hybridized carbons (Fsp3) is 0.0667. The van der Waals surface area contributed by atoms with E-state index >= 15 is 0 Å². The molecule has 0 saturated carbocycles. The van der Waals surface area contributed by atoms with E-state index in [1.54, 1.807) is 6.07 Å². The summed E-state index contributed by atoms with van der Waals surface area (Å²) in [6, 6.07) is 13.1. The van der Waals surface area contributed by atoms with E-state index in [0.29, 0.717) is 6.61 Å². The number of phenolic OH excluding ortho intramolecular Hbond substituents is 1. The normalized spacial score (nSPS) is 10.8. The molecule has 0 bridgehead atoms. The second kappa shape index (κ2) is 4.97. The number of benzene rings is 2. The Bertz CT molecular complexity index is 721. The van der Waals surface area contributed by atoms with E-state index < -0.39 is 0 Å².